The van der Waals surface area contributed by atoms with E-state index in [4.69, 9.17) is 0 Å². The van der Waals surface area contributed by atoms with E-state index in [1.165, 1.54) is 24.2 Å². The Kier molecular flexibility index (Phi) is 5.04. The topological polar surface area (TPSA) is 58.1 Å². The molecule has 1 fully saturated rings. The maximum absolute atomic E-state index is 12.1. The molecule has 118 valence electrons. The molecule has 1 amide bonds. The van der Waals surface area contributed by atoms with Crippen LogP contribution < -0.4 is 10.2 Å². The number of hydrogen-bond acceptors (Lipinski definition) is 6. The standard InChI is InChI=1S/C15H20N4OS2/c1-2-12-13(22-10-17-12)14(20)16-6-5-11-9-21-15(18-11)19-7-3-4-8-19/h9-10H,2-8H2,1H3,(H,16,20). The number of thiazole rings is 2. The Labute approximate surface area is 138 Å². The van der Waals surface area contributed by atoms with Crippen molar-refractivity contribution in [2.24, 2.45) is 0 Å². The Morgan fingerprint density at radius 1 is 1.36 bits per heavy atom. The number of aromatic nitrogens is 2. The molecule has 22 heavy (non-hydrogen) atoms. The molecule has 1 aliphatic rings. The van der Waals surface area contributed by atoms with Gasteiger partial charge in [-0.25, -0.2) is 9.97 Å². The molecule has 3 rings (SSSR count). The number of amides is 1. The predicted molar refractivity (Wildman–Crippen MR) is 91.1 cm³/mol. The van der Waals surface area contributed by atoms with E-state index in [0.717, 1.165) is 47.3 Å². The van der Waals surface area contributed by atoms with Crippen LogP contribution in [0, 0.1) is 0 Å². The fraction of sp³-hybridized carbons (Fsp3) is 0.533. The van der Waals surface area contributed by atoms with E-state index in [1.54, 1.807) is 16.8 Å². The van der Waals surface area contributed by atoms with Crippen molar-refractivity contribution in [1.29, 1.82) is 0 Å². The zero-order chi connectivity index (χ0) is 15.4. The minimum Gasteiger partial charge on any atom is -0.351 e. The summed E-state index contributed by atoms with van der Waals surface area (Å²) >= 11 is 3.11. The largest absolute Gasteiger partial charge is 0.351 e. The SMILES string of the molecule is CCc1ncsc1C(=O)NCCc1csc(N2CCCC2)n1. The van der Waals surface area contributed by atoms with E-state index < -0.39 is 0 Å². The van der Waals surface area contributed by atoms with Gasteiger partial charge in [0.05, 0.1) is 16.9 Å². The Balaban J connectivity index is 1.49. The first-order valence-electron chi connectivity index (χ1n) is 7.68. The monoisotopic (exact) mass is 336 g/mol. The molecular weight excluding hydrogens is 316 g/mol. The zero-order valence-corrected chi connectivity index (χ0v) is 14.3. The van der Waals surface area contributed by atoms with Crippen molar-refractivity contribution in [3.8, 4) is 0 Å². The number of hydrogen-bond donors (Lipinski definition) is 1. The van der Waals surface area contributed by atoms with Crippen LogP contribution in [0.1, 0.15) is 40.8 Å². The highest BCUT2D eigenvalue weighted by molar-refractivity contribution is 7.13. The van der Waals surface area contributed by atoms with E-state index in [9.17, 15) is 4.79 Å². The van der Waals surface area contributed by atoms with Gasteiger partial charge in [0, 0.05) is 31.4 Å². The summed E-state index contributed by atoms with van der Waals surface area (Å²) in [5.41, 5.74) is 3.68. The van der Waals surface area contributed by atoms with Crippen LogP contribution in [0.15, 0.2) is 10.9 Å². The number of anilines is 1. The van der Waals surface area contributed by atoms with Crippen LogP contribution in [0.4, 0.5) is 5.13 Å². The minimum absolute atomic E-state index is 0.0191. The molecule has 0 aromatic carbocycles. The summed E-state index contributed by atoms with van der Waals surface area (Å²) in [7, 11) is 0. The number of carbonyl (C=O) groups is 1. The fourth-order valence-electron chi connectivity index (χ4n) is 2.55. The lowest BCUT2D eigenvalue weighted by atomic mass is 10.3. The Morgan fingerprint density at radius 3 is 2.95 bits per heavy atom. The molecule has 0 spiro atoms. The Hall–Kier alpha value is -1.47. The van der Waals surface area contributed by atoms with Crippen LogP contribution in [0.5, 0.6) is 0 Å². The third-order valence-corrected chi connectivity index (χ3v) is 5.58. The second-order valence-electron chi connectivity index (χ2n) is 5.30. The summed E-state index contributed by atoms with van der Waals surface area (Å²) in [6, 6.07) is 0. The Morgan fingerprint density at radius 2 is 2.18 bits per heavy atom. The normalized spacial score (nSPS) is 14.5. The van der Waals surface area contributed by atoms with Crippen molar-refractivity contribution in [3.05, 3.63) is 27.2 Å². The van der Waals surface area contributed by atoms with Gasteiger partial charge in [-0.05, 0) is 19.3 Å². The van der Waals surface area contributed by atoms with E-state index in [1.807, 2.05) is 6.92 Å². The molecule has 1 saturated heterocycles. The molecule has 0 radical (unpaired) electrons. The molecule has 2 aromatic rings. The van der Waals surface area contributed by atoms with Gasteiger partial charge in [-0.2, -0.15) is 0 Å². The molecule has 0 aliphatic carbocycles. The van der Waals surface area contributed by atoms with Gasteiger partial charge in [0.25, 0.3) is 5.91 Å². The summed E-state index contributed by atoms with van der Waals surface area (Å²) in [5, 5.41) is 6.19. The number of rotatable bonds is 6. The van der Waals surface area contributed by atoms with Crippen LogP contribution in [-0.4, -0.2) is 35.5 Å². The lowest BCUT2D eigenvalue weighted by Crippen LogP contribution is -2.26. The summed E-state index contributed by atoms with van der Waals surface area (Å²) in [4.78, 5) is 24.1. The van der Waals surface area contributed by atoms with Crippen LogP contribution in [-0.2, 0) is 12.8 Å². The van der Waals surface area contributed by atoms with Gasteiger partial charge in [0.1, 0.15) is 4.88 Å². The van der Waals surface area contributed by atoms with Crippen LogP contribution >= 0.6 is 22.7 Å². The molecule has 0 saturated carbocycles. The van der Waals surface area contributed by atoms with Gasteiger partial charge in [0.2, 0.25) is 0 Å². The zero-order valence-electron chi connectivity index (χ0n) is 12.7. The van der Waals surface area contributed by atoms with Crippen LogP contribution in [0.2, 0.25) is 0 Å². The average molecular weight is 336 g/mol. The van der Waals surface area contributed by atoms with Crippen LogP contribution in [0.3, 0.4) is 0 Å². The van der Waals surface area contributed by atoms with Gasteiger partial charge >= 0.3 is 0 Å². The van der Waals surface area contributed by atoms with Crippen molar-refractivity contribution in [2.45, 2.75) is 32.6 Å². The molecule has 5 nitrogen and oxygen atoms in total. The van der Waals surface area contributed by atoms with E-state index in [2.05, 4.69) is 25.6 Å². The molecule has 0 bridgehead atoms. The summed E-state index contributed by atoms with van der Waals surface area (Å²) in [6.45, 7) is 4.87. The van der Waals surface area contributed by atoms with Crippen molar-refractivity contribution in [1.82, 2.24) is 15.3 Å². The average Bonchev–Trinajstić information content (AvgIpc) is 3.26. The highest BCUT2D eigenvalue weighted by Crippen LogP contribution is 2.24. The van der Waals surface area contributed by atoms with Crippen molar-refractivity contribution in [3.63, 3.8) is 0 Å². The number of carbonyl (C=O) groups excluding carboxylic acids is 1. The first kappa shape index (κ1) is 15.4. The maximum atomic E-state index is 12.1. The maximum Gasteiger partial charge on any atom is 0.263 e. The van der Waals surface area contributed by atoms with Crippen molar-refractivity contribution < 1.29 is 4.79 Å². The van der Waals surface area contributed by atoms with Gasteiger partial charge in [0.15, 0.2) is 5.13 Å². The predicted octanol–water partition coefficient (Wildman–Crippen LogP) is 2.73. The van der Waals surface area contributed by atoms with Crippen molar-refractivity contribution >= 4 is 33.7 Å². The molecule has 3 heterocycles. The Bertz CT molecular complexity index is 631. The first-order chi connectivity index (χ1) is 10.8. The van der Waals surface area contributed by atoms with Crippen LogP contribution in [0.25, 0.3) is 0 Å². The third kappa shape index (κ3) is 3.47. The summed E-state index contributed by atoms with van der Waals surface area (Å²) < 4.78 is 0. The summed E-state index contributed by atoms with van der Waals surface area (Å²) in [6.07, 6.45) is 4.09. The molecule has 2 aromatic heterocycles. The van der Waals surface area contributed by atoms with Gasteiger partial charge in [-0.1, -0.05) is 6.92 Å². The van der Waals surface area contributed by atoms with Crippen molar-refractivity contribution in [2.75, 3.05) is 24.5 Å². The van der Waals surface area contributed by atoms with E-state index in [0.29, 0.717) is 6.54 Å². The number of aryl methyl sites for hydroxylation is 1. The van der Waals surface area contributed by atoms with E-state index in [-0.39, 0.29) is 5.91 Å². The van der Waals surface area contributed by atoms with Gasteiger partial charge < -0.3 is 10.2 Å². The van der Waals surface area contributed by atoms with E-state index >= 15 is 0 Å². The van der Waals surface area contributed by atoms with Gasteiger partial charge in [-0.3, -0.25) is 4.79 Å². The van der Waals surface area contributed by atoms with Gasteiger partial charge in [-0.15, -0.1) is 22.7 Å². The quantitative estimate of drug-likeness (QED) is 0.881. The smallest absolute Gasteiger partial charge is 0.263 e. The second-order valence-corrected chi connectivity index (χ2v) is 6.99. The minimum atomic E-state index is -0.0191. The highest BCUT2D eigenvalue weighted by atomic mass is 32.1. The summed E-state index contributed by atoms with van der Waals surface area (Å²) in [5.74, 6) is -0.0191. The molecule has 0 atom stereocenters. The fourth-order valence-corrected chi connectivity index (χ4v) is 4.27. The first-order valence-corrected chi connectivity index (χ1v) is 9.43. The lowest BCUT2D eigenvalue weighted by Gasteiger charge is -2.12. The lowest BCUT2D eigenvalue weighted by molar-refractivity contribution is 0.0957. The molecule has 0 unspecified atom stereocenters. The highest BCUT2D eigenvalue weighted by Gasteiger charge is 2.16. The number of nitrogens with one attached hydrogen (secondary N) is 1. The molecule has 7 heteroatoms. The third-order valence-electron chi connectivity index (χ3n) is 3.77. The molecular formula is C15H20N4OS2. The molecule has 1 aliphatic heterocycles. The second kappa shape index (κ2) is 7.19. The molecule has 1 N–H and O–H groups in total. The number of nitrogens with zero attached hydrogens (tertiary/aromatic N) is 3.